The Morgan fingerprint density at radius 2 is 0.340 bits per heavy atom. The number of fused-ring (bicyclic) bond motifs is 29. The van der Waals surface area contributed by atoms with Crippen LogP contribution in [0.3, 0.4) is 0 Å². The summed E-state index contributed by atoms with van der Waals surface area (Å²) in [7, 11) is 0. The van der Waals surface area contributed by atoms with Gasteiger partial charge in [-0.2, -0.15) is 31.6 Å². The Morgan fingerprint density at radius 3 is 0.620 bits per heavy atom. The Balaban J connectivity index is 0.000000109. The van der Waals surface area contributed by atoms with E-state index in [-0.39, 0.29) is 0 Å². The summed E-state index contributed by atoms with van der Waals surface area (Å²) in [5, 5.41) is 87.2. The average Bonchev–Trinajstić information content (AvgIpc) is 1.57. The quantitative estimate of drug-likeness (QED) is 0.131. The minimum Gasteiger partial charge on any atom is -0.310 e. The van der Waals surface area contributed by atoms with E-state index in [2.05, 4.69) is 474 Å². The zero-order chi connectivity index (χ0) is 100. The molecule has 30 aromatic rings. The molecule has 14 heteroatoms. The molecule has 0 atom stereocenters. The topological polar surface area (TPSA) is 180 Å². The maximum atomic E-state index is 10.4. The zero-order valence-corrected chi connectivity index (χ0v) is 80.3. The SMILES string of the molecule is N#Cc1cc(-n2c3ccccc3c3ccccc32)c(-n2c3ccc(-n4c5ccccc5c5ccccc54)cc3c3c4ccccc4ccc32)cc1C#N.N#Cc1cc(-n2c3ccccc3c3ccccc32)c(-n2c3ccc(N(c4ccccc4)c4ccccc4)cc3c3c4ccccc4ccc32)cc1C#N.N#Cc1cc(-n2c3ccccc3c3ccccc32)c(-n2c3ccc4ccccc4c3c3c4ccccc4ccc32)cc1C#N. The molecule has 0 saturated heterocycles. The van der Waals surface area contributed by atoms with E-state index in [0.717, 1.165) is 210 Å². The third kappa shape index (κ3) is 13.2. The van der Waals surface area contributed by atoms with Crippen LogP contribution in [0.15, 0.2) is 473 Å². The highest BCUT2D eigenvalue weighted by Crippen LogP contribution is 2.50. The van der Waals surface area contributed by atoms with Crippen LogP contribution in [0.25, 0.3) is 236 Å². The lowest BCUT2D eigenvalue weighted by Crippen LogP contribution is -2.09. The predicted octanol–water partition coefficient (Wildman–Crippen LogP) is 34.1. The van der Waals surface area contributed by atoms with E-state index in [1.807, 2.05) is 72.8 Å². The molecule has 0 saturated carbocycles. The summed E-state index contributed by atoms with van der Waals surface area (Å²) in [6.45, 7) is 0. The van der Waals surface area contributed by atoms with Crippen molar-refractivity contribution in [2.24, 2.45) is 0 Å². The first-order chi connectivity index (χ1) is 74.2. The third-order valence-electron chi connectivity index (χ3n) is 30.2. The standard InChI is InChI=1S/C48H27N5.C48H29N5.C40H22N4/c49-28-31-25-46(52-42-19-9-5-15-37(42)38-16-6-10-20-43(38)52)47(26-32(31)29-50)53-44-24-22-33(27-39(44)48-34-12-2-1-11-30(34)21-23-45(48)53)51-40-17-7-3-13-35(40)36-14-4-8-18-41(36)51;49-30-33-27-46(52-42-21-11-9-19-39(42)40-20-10-12-22-43(40)52)47(28-34(33)31-50)53-44-26-24-37(51(35-14-3-1-4-15-35)36-16-5-2-6-17-36)29-41(44)48-38-18-8-7-13-32(38)23-25-45(48)53;41-23-27-21-37(43-33-15-7-5-13-31(33)32-14-6-8-16-34(32)43)38(22-28(27)24-42)44-35-19-17-25-9-1-3-11-29(25)39(35)40-30-12-4-2-10-26(30)18-20-36(40)44/h1-27H;1-29H;1-22H. The average molecular weight is 1910 g/mol. The van der Waals surface area contributed by atoms with Crippen LogP contribution in [0.2, 0.25) is 0 Å². The number of anilines is 3. The van der Waals surface area contributed by atoms with Gasteiger partial charge in [-0.3, -0.25) is 0 Å². The van der Waals surface area contributed by atoms with Gasteiger partial charge >= 0.3 is 0 Å². The molecule has 7 heterocycles. The van der Waals surface area contributed by atoms with Crippen molar-refractivity contribution in [3.05, 3.63) is 507 Å². The van der Waals surface area contributed by atoms with Gasteiger partial charge in [0.2, 0.25) is 0 Å². The Hall–Kier alpha value is -21.6. The number of hydrogen-bond acceptors (Lipinski definition) is 7. The molecule has 0 unspecified atom stereocenters. The molecule has 0 bridgehead atoms. The maximum Gasteiger partial charge on any atom is 0.101 e. The number of rotatable bonds is 10. The first-order valence-corrected chi connectivity index (χ1v) is 49.8. The molecule has 0 radical (unpaired) electrons. The Labute approximate surface area is 858 Å². The number of aromatic nitrogens is 7. The molecule has 0 amide bonds. The van der Waals surface area contributed by atoms with E-state index < -0.39 is 0 Å². The number of nitriles is 6. The van der Waals surface area contributed by atoms with Crippen LogP contribution in [-0.2, 0) is 0 Å². The van der Waals surface area contributed by atoms with Crippen LogP contribution in [0.4, 0.5) is 17.1 Å². The lowest BCUT2D eigenvalue weighted by molar-refractivity contribution is 1.09. The van der Waals surface area contributed by atoms with Crippen molar-refractivity contribution in [3.8, 4) is 76.2 Å². The number of para-hydroxylation sites is 10. The minimum atomic E-state index is 0.332. The van der Waals surface area contributed by atoms with Gasteiger partial charge in [0, 0.05) is 98.2 Å². The Kier molecular flexibility index (Phi) is 20.0. The number of benzene rings is 23. The summed E-state index contributed by atoms with van der Waals surface area (Å²) >= 11 is 0. The summed E-state index contributed by atoms with van der Waals surface area (Å²) in [5.74, 6) is 0. The lowest BCUT2D eigenvalue weighted by Gasteiger charge is -2.25. The first kappa shape index (κ1) is 86.3. The van der Waals surface area contributed by atoms with Crippen molar-refractivity contribution >= 4 is 213 Å². The van der Waals surface area contributed by atoms with Crippen LogP contribution in [-0.4, -0.2) is 32.0 Å². The van der Waals surface area contributed by atoms with Crippen molar-refractivity contribution in [1.82, 2.24) is 32.0 Å². The summed E-state index contributed by atoms with van der Waals surface area (Å²) in [6, 6.07) is 178. The highest BCUT2D eigenvalue weighted by Gasteiger charge is 2.30. The number of hydrogen-bond donors (Lipinski definition) is 0. The second-order valence-corrected chi connectivity index (χ2v) is 37.9. The van der Waals surface area contributed by atoms with Crippen LogP contribution in [0, 0.1) is 68.0 Å². The van der Waals surface area contributed by atoms with Crippen molar-refractivity contribution in [2.75, 3.05) is 4.90 Å². The van der Waals surface area contributed by atoms with Crippen molar-refractivity contribution in [1.29, 1.82) is 31.6 Å². The van der Waals surface area contributed by atoms with E-state index in [4.69, 9.17) is 0 Å². The van der Waals surface area contributed by atoms with Gasteiger partial charge in [-0.15, -0.1) is 0 Å². The van der Waals surface area contributed by atoms with Gasteiger partial charge < -0.3 is 36.9 Å². The van der Waals surface area contributed by atoms with E-state index in [0.29, 0.717) is 33.4 Å². The van der Waals surface area contributed by atoms with Crippen molar-refractivity contribution < 1.29 is 0 Å². The summed E-state index contributed by atoms with van der Waals surface area (Å²) in [4.78, 5) is 2.28. The van der Waals surface area contributed by atoms with Gasteiger partial charge in [0.05, 0.1) is 145 Å². The van der Waals surface area contributed by atoms with E-state index in [9.17, 15) is 31.6 Å². The minimum absolute atomic E-state index is 0.332. The molecule has 7 aromatic heterocycles. The van der Waals surface area contributed by atoms with Crippen molar-refractivity contribution in [3.63, 3.8) is 0 Å². The smallest absolute Gasteiger partial charge is 0.101 e. The van der Waals surface area contributed by atoms with E-state index in [1.165, 1.54) is 43.1 Å². The van der Waals surface area contributed by atoms with Crippen molar-refractivity contribution in [2.45, 2.75) is 0 Å². The predicted molar refractivity (Wildman–Crippen MR) is 613 cm³/mol. The molecule has 0 N–H and O–H groups in total. The molecule has 23 aromatic carbocycles. The molecular weight excluding hydrogens is 1830 g/mol. The fraction of sp³-hybridized carbons (Fsp3) is 0. The molecule has 0 fully saturated rings. The lowest BCUT2D eigenvalue weighted by atomic mass is 10.00. The first-order valence-electron chi connectivity index (χ1n) is 49.8. The van der Waals surface area contributed by atoms with Gasteiger partial charge in [0.25, 0.3) is 0 Å². The van der Waals surface area contributed by atoms with Gasteiger partial charge in [-0.05, 0) is 213 Å². The second kappa shape index (κ2) is 34.7. The molecular formula is C136H78N14. The molecule has 30 rings (SSSR count). The molecule has 0 spiro atoms. The monoisotopic (exact) mass is 1910 g/mol. The Morgan fingerprint density at radius 1 is 0.140 bits per heavy atom. The summed E-state index contributed by atoms with van der Waals surface area (Å²) in [5.41, 5.74) is 25.9. The second-order valence-electron chi connectivity index (χ2n) is 37.9. The fourth-order valence-electron chi connectivity index (χ4n) is 23.9. The van der Waals surface area contributed by atoms with E-state index >= 15 is 0 Å². The molecule has 0 aliphatic heterocycles. The Bertz CT molecular complexity index is 11000. The number of nitrogens with zero attached hydrogens (tertiary/aromatic N) is 14. The molecule has 0 aliphatic rings. The fourth-order valence-corrected chi connectivity index (χ4v) is 23.9. The van der Waals surface area contributed by atoms with Gasteiger partial charge in [0.1, 0.15) is 36.4 Å². The van der Waals surface area contributed by atoms with Crippen LogP contribution < -0.4 is 4.90 Å². The van der Waals surface area contributed by atoms with Gasteiger partial charge in [-0.25, -0.2) is 0 Å². The highest BCUT2D eigenvalue weighted by atomic mass is 15.1. The van der Waals surface area contributed by atoms with Gasteiger partial charge in [-0.1, -0.05) is 303 Å². The molecule has 14 nitrogen and oxygen atoms in total. The molecule has 150 heavy (non-hydrogen) atoms. The summed E-state index contributed by atoms with van der Waals surface area (Å²) < 4.78 is 15.9. The molecule has 692 valence electrons. The van der Waals surface area contributed by atoms with Gasteiger partial charge in [0.15, 0.2) is 0 Å². The van der Waals surface area contributed by atoms with E-state index in [1.54, 1.807) is 0 Å². The third-order valence-corrected chi connectivity index (χ3v) is 30.2. The van der Waals surface area contributed by atoms with Crippen LogP contribution >= 0.6 is 0 Å². The summed E-state index contributed by atoms with van der Waals surface area (Å²) in [6.07, 6.45) is 0. The molecule has 0 aliphatic carbocycles. The normalized spacial score (nSPS) is 11.6. The zero-order valence-electron chi connectivity index (χ0n) is 80.3. The largest absolute Gasteiger partial charge is 0.310 e. The van der Waals surface area contributed by atoms with Crippen LogP contribution in [0.5, 0.6) is 0 Å². The highest BCUT2D eigenvalue weighted by molar-refractivity contribution is 6.30. The van der Waals surface area contributed by atoms with Crippen LogP contribution in [0.1, 0.15) is 33.4 Å². The maximum absolute atomic E-state index is 10.4.